The van der Waals surface area contributed by atoms with Crippen LogP contribution >= 0.6 is 0 Å². The summed E-state index contributed by atoms with van der Waals surface area (Å²) in [5, 5.41) is 18.6. The summed E-state index contributed by atoms with van der Waals surface area (Å²) in [5.41, 5.74) is 4.98. The number of aromatic amines is 1. The number of aromatic nitrogens is 2. The van der Waals surface area contributed by atoms with Gasteiger partial charge in [0.2, 0.25) is 0 Å². The largest absolute Gasteiger partial charge is 0.507 e. The Bertz CT molecular complexity index is 1080. The zero-order chi connectivity index (χ0) is 23.5. The van der Waals surface area contributed by atoms with Crippen LogP contribution in [0, 0.1) is 13.8 Å². The van der Waals surface area contributed by atoms with E-state index in [0.717, 1.165) is 42.2 Å². The van der Waals surface area contributed by atoms with E-state index in [0.29, 0.717) is 29.2 Å². The lowest BCUT2D eigenvalue weighted by Gasteiger charge is -2.35. The fraction of sp³-hybridized carbons (Fsp3) is 0.423. The third kappa shape index (κ3) is 4.99. The van der Waals surface area contributed by atoms with Crippen molar-refractivity contribution in [1.82, 2.24) is 15.1 Å². The maximum absolute atomic E-state index is 11.0. The normalized spacial score (nSPS) is 18.9. The van der Waals surface area contributed by atoms with Crippen molar-refractivity contribution >= 4 is 0 Å². The number of phenols is 1. The lowest BCUT2D eigenvalue weighted by atomic mass is 9.97. The Hall–Kier alpha value is -3.03. The van der Waals surface area contributed by atoms with E-state index in [-0.39, 0.29) is 18.0 Å². The van der Waals surface area contributed by atoms with Gasteiger partial charge >= 0.3 is 0 Å². The predicted octanol–water partition coefficient (Wildman–Crippen LogP) is 4.56. The lowest BCUT2D eigenvalue weighted by Crippen LogP contribution is -2.46. The first-order valence-electron chi connectivity index (χ1n) is 11.4. The van der Waals surface area contributed by atoms with Gasteiger partial charge < -0.3 is 19.3 Å². The molecule has 1 aromatic heterocycles. The van der Waals surface area contributed by atoms with E-state index in [9.17, 15) is 5.11 Å². The molecule has 1 fully saturated rings. The molecule has 0 aliphatic carbocycles. The number of nitrogens with zero attached hydrogens (tertiary/aromatic N) is 2. The van der Waals surface area contributed by atoms with Gasteiger partial charge in [0, 0.05) is 42.0 Å². The van der Waals surface area contributed by atoms with E-state index in [1.54, 1.807) is 7.11 Å². The van der Waals surface area contributed by atoms with Gasteiger partial charge in [-0.25, -0.2) is 0 Å². The van der Waals surface area contributed by atoms with E-state index in [1.165, 1.54) is 0 Å². The Labute approximate surface area is 195 Å². The van der Waals surface area contributed by atoms with Crippen molar-refractivity contribution in [3.05, 3.63) is 47.7 Å². The number of ether oxygens (including phenoxy) is 3. The third-order valence-electron chi connectivity index (χ3n) is 6.12. The first-order valence-corrected chi connectivity index (χ1v) is 11.4. The minimum absolute atomic E-state index is 0.183. The van der Waals surface area contributed by atoms with Gasteiger partial charge in [0.05, 0.1) is 19.3 Å². The number of methoxy groups -OCH3 is 1. The molecule has 0 bridgehead atoms. The maximum Gasteiger partial charge on any atom is 0.131 e. The average Bonchev–Trinajstić information content (AvgIpc) is 3.17. The van der Waals surface area contributed by atoms with Crippen LogP contribution in [0.2, 0.25) is 0 Å². The molecule has 0 spiro atoms. The van der Waals surface area contributed by atoms with Crippen molar-refractivity contribution in [2.24, 2.45) is 0 Å². The Morgan fingerprint density at radius 2 is 1.79 bits per heavy atom. The van der Waals surface area contributed by atoms with Crippen LogP contribution in [0.25, 0.3) is 22.4 Å². The second-order valence-electron chi connectivity index (χ2n) is 8.75. The predicted molar refractivity (Wildman–Crippen MR) is 129 cm³/mol. The Balaban J connectivity index is 1.52. The summed E-state index contributed by atoms with van der Waals surface area (Å²) < 4.78 is 17.1. The zero-order valence-electron chi connectivity index (χ0n) is 20.0. The zero-order valence-corrected chi connectivity index (χ0v) is 20.0. The number of benzene rings is 2. The molecule has 3 aromatic rings. The lowest BCUT2D eigenvalue weighted by molar-refractivity contribution is -0.0699. The first kappa shape index (κ1) is 23.1. The van der Waals surface area contributed by atoms with Crippen molar-refractivity contribution < 1.29 is 19.3 Å². The third-order valence-corrected chi connectivity index (χ3v) is 6.12. The van der Waals surface area contributed by atoms with Crippen LogP contribution in [0.1, 0.15) is 25.1 Å². The number of hydrogen-bond donors (Lipinski definition) is 2. The molecule has 2 heterocycles. The molecule has 1 saturated heterocycles. The van der Waals surface area contributed by atoms with Gasteiger partial charge in [0.1, 0.15) is 29.5 Å². The number of phenolic OH excluding ortho intramolecular Hbond substituents is 1. The summed E-state index contributed by atoms with van der Waals surface area (Å²) in [7, 11) is 1.65. The van der Waals surface area contributed by atoms with Crippen LogP contribution in [0.5, 0.6) is 17.2 Å². The average molecular weight is 452 g/mol. The molecule has 0 radical (unpaired) electrons. The molecule has 1 aliphatic heterocycles. The van der Waals surface area contributed by atoms with Crippen LogP contribution in [0.3, 0.4) is 0 Å². The van der Waals surface area contributed by atoms with Crippen molar-refractivity contribution in [1.29, 1.82) is 0 Å². The smallest absolute Gasteiger partial charge is 0.131 e. The SMILES string of the molecule is COc1ccc(-c2c(-c3ccc(OCCN4C[C@@H](C)O[C@@H](C)C4)c(C)c3O)n[nH]c2C)cc1. The van der Waals surface area contributed by atoms with E-state index in [4.69, 9.17) is 14.2 Å². The van der Waals surface area contributed by atoms with E-state index in [2.05, 4.69) is 28.9 Å². The van der Waals surface area contributed by atoms with Crippen molar-refractivity contribution in [2.45, 2.75) is 39.9 Å². The van der Waals surface area contributed by atoms with Gasteiger partial charge in [0.15, 0.2) is 0 Å². The van der Waals surface area contributed by atoms with Gasteiger partial charge in [-0.1, -0.05) is 12.1 Å². The second kappa shape index (κ2) is 9.85. The summed E-state index contributed by atoms with van der Waals surface area (Å²) in [6.45, 7) is 11.2. The number of nitrogens with one attached hydrogen (secondary N) is 1. The van der Waals surface area contributed by atoms with E-state index < -0.39 is 0 Å². The topological polar surface area (TPSA) is 79.8 Å². The number of aryl methyl sites for hydroxylation is 1. The van der Waals surface area contributed by atoms with E-state index >= 15 is 0 Å². The highest BCUT2D eigenvalue weighted by Gasteiger charge is 2.23. The molecule has 7 heteroatoms. The molecular weight excluding hydrogens is 418 g/mol. The standard InChI is InChI=1S/C26H33N3O4/c1-16-14-29(15-17(2)33-16)12-13-32-23-11-10-22(26(30)18(23)3)25-24(19(4)27-28-25)20-6-8-21(31-5)9-7-20/h6-11,16-17,30H,12-15H2,1-5H3,(H,27,28)/t16-,17+. The Kier molecular flexibility index (Phi) is 6.91. The fourth-order valence-electron chi connectivity index (χ4n) is 4.52. The van der Waals surface area contributed by atoms with Gasteiger partial charge in [-0.3, -0.25) is 10.00 Å². The molecule has 2 aromatic carbocycles. The van der Waals surface area contributed by atoms with Crippen LogP contribution in [-0.2, 0) is 4.74 Å². The highest BCUT2D eigenvalue weighted by molar-refractivity contribution is 5.86. The molecule has 2 N–H and O–H groups in total. The quantitative estimate of drug-likeness (QED) is 0.548. The molecule has 1 aliphatic rings. The van der Waals surface area contributed by atoms with Gasteiger partial charge in [-0.15, -0.1) is 0 Å². The van der Waals surface area contributed by atoms with Gasteiger partial charge in [-0.05, 0) is 57.5 Å². The Morgan fingerprint density at radius 3 is 2.45 bits per heavy atom. The second-order valence-corrected chi connectivity index (χ2v) is 8.75. The molecule has 2 atom stereocenters. The summed E-state index contributed by atoms with van der Waals surface area (Å²) in [4.78, 5) is 2.36. The molecule has 4 rings (SSSR count). The molecule has 176 valence electrons. The van der Waals surface area contributed by atoms with Crippen molar-refractivity contribution in [3.8, 4) is 39.6 Å². The van der Waals surface area contributed by atoms with Crippen LogP contribution in [0.15, 0.2) is 36.4 Å². The highest BCUT2D eigenvalue weighted by atomic mass is 16.5. The molecule has 7 nitrogen and oxygen atoms in total. The van der Waals surface area contributed by atoms with Gasteiger partial charge in [-0.2, -0.15) is 5.10 Å². The number of rotatable bonds is 7. The number of hydrogen-bond acceptors (Lipinski definition) is 6. The fourth-order valence-corrected chi connectivity index (χ4v) is 4.52. The van der Waals surface area contributed by atoms with E-state index in [1.807, 2.05) is 50.2 Å². The van der Waals surface area contributed by atoms with Crippen LogP contribution in [-0.4, -0.2) is 65.8 Å². The molecule has 0 amide bonds. The van der Waals surface area contributed by atoms with Crippen LogP contribution < -0.4 is 9.47 Å². The molecular formula is C26H33N3O4. The van der Waals surface area contributed by atoms with Crippen LogP contribution in [0.4, 0.5) is 0 Å². The summed E-state index contributed by atoms with van der Waals surface area (Å²) >= 11 is 0. The first-order chi connectivity index (χ1) is 15.9. The molecule has 0 unspecified atom stereocenters. The monoisotopic (exact) mass is 451 g/mol. The minimum Gasteiger partial charge on any atom is -0.507 e. The molecule has 33 heavy (non-hydrogen) atoms. The minimum atomic E-state index is 0.183. The highest BCUT2D eigenvalue weighted by Crippen LogP contribution is 2.41. The molecule has 0 saturated carbocycles. The number of H-pyrrole nitrogens is 1. The summed E-state index contributed by atoms with van der Waals surface area (Å²) in [6, 6.07) is 11.6. The summed E-state index contributed by atoms with van der Waals surface area (Å²) in [5.74, 6) is 1.66. The Morgan fingerprint density at radius 1 is 1.09 bits per heavy atom. The number of morpholine rings is 1. The van der Waals surface area contributed by atoms with Crippen molar-refractivity contribution in [2.75, 3.05) is 33.4 Å². The van der Waals surface area contributed by atoms with Crippen molar-refractivity contribution in [3.63, 3.8) is 0 Å². The maximum atomic E-state index is 11.0. The number of aromatic hydroxyl groups is 1. The summed E-state index contributed by atoms with van der Waals surface area (Å²) in [6.07, 6.45) is 0.465. The van der Waals surface area contributed by atoms with Gasteiger partial charge in [0.25, 0.3) is 0 Å².